The maximum atomic E-state index is 12.5. The van der Waals surface area contributed by atoms with Crippen molar-refractivity contribution in [2.24, 2.45) is 0 Å². The van der Waals surface area contributed by atoms with E-state index in [1.54, 1.807) is 36.4 Å². The number of carbonyl (C=O) groups excluding carboxylic acids is 2. The lowest BCUT2D eigenvalue weighted by Gasteiger charge is -2.15. The Morgan fingerprint density at radius 1 is 1.00 bits per heavy atom. The summed E-state index contributed by atoms with van der Waals surface area (Å²) in [4.78, 5) is 24.0. The molecule has 1 heterocycles. The predicted molar refractivity (Wildman–Crippen MR) is 108 cm³/mol. The molecule has 3 rings (SSSR count). The Balaban J connectivity index is 1.60. The van der Waals surface area contributed by atoms with Crippen LogP contribution >= 0.6 is 0 Å². The Labute approximate surface area is 164 Å². The maximum absolute atomic E-state index is 12.5. The largest absolute Gasteiger partial charge is 0.376 e. The number of amides is 1. The van der Waals surface area contributed by atoms with Crippen LogP contribution < -0.4 is 10.6 Å². The van der Waals surface area contributed by atoms with Crippen molar-refractivity contribution in [3.63, 3.8) is 0 Å². The topological polar surface area (TPSA) is 95.6 Å². The molecule has 1 aliphatic rings. The fraction of sp³-hybridized carbons (Fsp3) is 0.300. The highest BCUT2D eigenvalue weighted by molar-refractivity contribution is 7.89. The third kappa shape index (κ3) is 4.58. The molecular formula is C20H23N3O4S. The first-order valence-corrected chi connectivity index (χ1v) is 10.6. The second-order valence-electron chi connectivity index (χ2n) is 6.64. The molecule has 0 bridgehead atoms. The van der Waals surface area contributed by atoms with Crippen molar-refractivity contribution in [3.05, 3.63) is 54.1 Å². The molecule has 0 aromatic heterocycles. The van der Waals surface area contributed by atoms with Gasteiger partial charge < -0.3 is 10.6 Å². The molecule has 7 nitrogen and oxygen atoms in total. The van der Waals surface area contributed by atoms with Crippen molar-refractivity contribution >= 4 is 33.1 Å². The Bertz CT molecular complexity index is 965. The van der Waals surface area contributed by atoms with Gasteiger partial charge in [0.2, 0.25) is 15.9 Å². The maximum Gasteiger partial charge on any atom is 0.243 e. The number of nitrogens with one attached hydrogen (secondary N) is 2. The fourth-order valence-electron chi connectivity index (χ4n) is 3.11. The van der Waals surface area contributed by atoms with Crippen molar-refractivity contribution < 1.29 is 18.0 Å². The zero-order chi connectivity index (χ0) is 20.1. The average Bonchev–Trinajstić information content (AvgIpc) is 3.23. The molecule has 2 aromatic carbocycles. The number of nitrogens with zero attached hydrogens (tertiary/aromatic N) is 1. The van der Waals surface area contributed by atoms with Gasteiger partial charge in [-0.2, -0.15) is 4.31 Å². The van der Waals surface area contributed by atoms with Gasteiger partial charge in [-0.3, -0.25) is 9.59 Å². The smallest absolute Gasteiger partial charge is 0.243 e. The lowest BCUT2D eigenvalue weighted by Crippen LogP contribution is -2.27. The summed E-state index contributed by atoms with van der Waals surface area (Å²) in [5.41, 5.74) is 1.62. The van der Waals surface area contributed by atoms with E-state index in [4.69, 9.17) is 0 Å². The van der Waals surface area contributed by atoms with E-state index in [9.17, 15) is 18.0 Å². The van der Waals surface area contributed by atoms with Gasteiger partial charge in [0.15, 0.2) is 5.78 Å². The molecule has 1 fully saturated rings. The number of carbonyl (C=O) groups is 2. The second-order valence-corrected chi connectivity index (χ2v) is 8.58. The molecule has 1 amide bonds. The second kappa shape index (κ2) is 8.53. The summed E-state index contributed by atoms with van der Waals surface area (Å²) in [6.45, 7) is 2.55. The van der Waals surface area contributed by atoms with Crippen molar-refractivity contribution in [1.82, 2.24) is 4.31 Å². The molecule has 2 aromatic rings. The molecule has 0 aliphatic carbocycles. The third-order valence-corrected chi connectivity index (χ3v) is 6.50. The monoisotopic (exact) mass is 401 g/mol. The van der Waals surface area contributed by atoms with E-state index in [0.717, 1.165) is 12.8 Å². The Morgan fingerprint density at radius 3 is 2.29 bits per heavy atom. The highest BCUT2D eigenvalue weighted by Crippen LogP contribution is 2.22. The minimum absolute atomic E-state index is 0.0158. The lowest BCUT2D eigenvalue weighted by molar-refractivity contribution is -0.114. The number of hydrogen-bond donors (Lipinski definition) is 2. The molecule has 28 heavy (non-hydrogen) atoms. The van der Waals surface area contributed by atoms with Gasteiger partial charge in [0.05, 0.1) is 11.4 Å². The van der Waals surface area contributed by atoms with E-state index in [1.165, 1.54) is 23.4 Å². The first-order chi connectivity index (χ1) is 13.4. The van der Waals surface area contributed by atoms with Crippen LogP contribution in [0.3, 0.4) is 0 Å². The Kier molecular flexibility index (Phi) is 6.11. The van der Waals surface area contributed by atoms with E-state index in [1.807, 2.05) is 0 Å². The standard InChI is InChI=1S/C20H23N3O4S/c1-15(24)18-6-2-3-7-19(18)21-14-20(25)22-16-8-10-17(11-9-16)28(26,27)23-12-4-5-13-23/h2-3,6-11,21H,4-5,12-14H2,1H3,(H,22,25). The quantitative estimate of drug-likeness (QED) is 0.696. The van der Waals surface area contributed by atoms with Crippen LogP contribution in [0.5, 0.6) is 0 Å². The van der Waals surface area contributed by atoms with Crippen LogP contribution in [-0.2, 0) is 14.8 Å². The summed E-state index contributed by atoms with van der Waals surface area (Å²) in [7, 11) is -3.47. The Hall–Kier alpha value is -2.71. The summed E-state index contributed by atoms with van der Waals surface area (Å²) in [5, 5.41) is 5.67. The molecule has 1 saturated heterocycles. The minimum Gasteiger partial charge on any atom is -0.376 e. The van der Waals surface area contributed by atoms with Crippen molar-refractivity contribution in [1.29, 1.82) is 0 Å². The molecule has 0 atom stereocenters. The van der Waals surface area contributed by atoms with Crippen LogP contribution in [0.1, 0.15) is 30.1 Å². The molecule has 0 unspecified atom stereocenters. The van der Waals surface area contributed by atoms with Crippen LogP contribution in [-0.4, -0.2) is 44.0 Å². The molecule has 8 heteroatoms. The summed E-state index contributed by atoms with van der Waals surface area (Å²) < 4.78 is 26.5. The molecule has 1 aliphatic heterocycles. The number of rotatable bonds is 7. The van der Waals surface area contributed by atoms with Crippen LogP contribution in [0, 0.1) is 0 Å². The van der Waals surface area contributed by atoms with Gasteiger partial charge in [0.25, 0.3) is 0 Å². The summed E-state index contributed by atoms with van der Waals surface area (Å²) in [5.74, 6) is -0.383. The van der Waals surface area contributed by atoms with E-state index >= 15 is 0 Å². The van der Waals surface area contributed by atoms with Gasteiger partial charge in [-0.25, -0.2) is 8.42 Å². The zero-order valence-electron chi connectivity index (χ0n) is 15.6. The molecular weight excluding hydrogens is 378 g/mol. The van der Waals surface area contributed by atoms with Gasteiger partial charge in [0.1, 0.15) is 0 Å². The van der Waals surface area contributed by atoms with Crippen molar-refractivity contribution in [3.8, 4) is 0 Å². The van der Waals surface area contributed by atoms with Crippen LogP contribution in [0.15, 0.2) is 53.4 Å². The fourth-order valence-corrected chi connectivity index (χ4v) is 4.63. The lowest BCUT2D eigenvalue weighted by atomic mass is 10.1. The van der Waals surface area contributed by atoms with Crippen molar-refractivity contribution in [2.45, 2.75) is 24.7 Å². The number of benzene rings is 2. The number of hydrogen-bond acceptors (Lipinski definition) is 5. The van der Waals surface area contributed by atoms with Crippen LogP contribution in [0.4, 0.5) is 11.4 Å². The normalized spacial score (nSPS) is 14.6. The molecule has 0 spiro atoms. The van der Waals surface area contributed by atoms with Crippen molar-refractivity contribution in [2.75, 3.05) is 30.3 Å². The number of anilines is 2. The number of Topliss-reactive ketones (excluding diaryl/α,β-unsaturated/α-hetero) is 1. The zero-order valence-corrected chi connectivity index (χ0v) is 16.5. The summed E-state index contributed by atoms with van der Waals surface area (Å²) in [6, 6.07) is 13.1. The highest BCUT2D eigenvalue weighted by atomic mass is 32.2. The number of para-hydroxylation sites is 1. The first-order valence-electron chi connectivity index (χ1n) is 9.12. The number of ketones is 1. The van der Waals surface area contributed by atoms with Gasteiger partial charge in [-0.05, 0) is 56.2 Å². The van der Waals surface area contributed by atoms with Crippen LogP contribution in [0.25, 0.3) is 0 Å². The summed E-state index contributed by atoms with van der Waals surface area (Å²) >= 11 is 0. The molecule has 0 radical (unpaired) electrons. The number of sulfonamides is 1. The molecule has 0 saturated carbocycles. The van der Waals surface area contributed by atoms with E-state index in [0.29, 0.717) is 30.0 Å². The molecule has 148 valence electrons. The SMILES string of the molecule is CC(=O)c1ccccc1NCC(=O)Nc1ccc(S(=O)(=O)N2CCCC2)cc1. The van der Waals surface area contributed by atoms with Gasteiger partial charge in [-0.1, -0.05) is 12.1 Å². The minimum atomic E-state index is -3.47. The van der Waals surface area contributed by atoms with Gasteiger partial charge in [-0.15, -0.1) is 0 Å². The van der Waals surface area contributed by atoms with Gasteiger partial charge in [0, 0.05) is 30.0 Å². The van der Waals surface area contributed by atoms with E-state index in [2.05, 4.69) is 10.6 Å². The predicted octanol–water partition coefficient (Wildman–Crippen LogP) is 2.72. The summed E-state index contributed by atoms with van der Waals surface area (Å²) in [6.07, 6.45) is 1.76. The first kappa shape index (κ1) is 20.0. The van der Waals surface area contributed by atoms with E-state index < -0.39 is 10.0 Å². The van der Waals surface area contributed by atoms with Crippen LogP contribution in [0.2, 0.25) is 0 Å². The van der Waals surface area contributed by atoms with E-state index in [-0.39, 0.29) is 23.1 Å². The molecule has 2 N–H and O–H groups in total. The highest BCUT2D eigenvalue weighted by Gasteiger charge is 2.26. The van der Waals surface area contributed by atoms with Gasteiger partial charge >= 0.3 is 0 Å². The average molecular weight is 401 g/mol. The third-order valence-electron chi connectivity index (χ3n) is 4.59. The Morgan fingerprint density at radius 2 is 1.64 bits per heavy atom.